The third-order valence-electron chi connectivity index (χ3n) is 6.11. The lowest BCUT2D eigenvalue weighted by Crippen LogP contribution is -2.33. The van der Waals surface area contributed by atoms with Crippen molar-refractivity contribution in [3.63, 3.8) is 0 Å². The summed E-state index contributed by atoms with van der Waals surface area (Å²) in [6.07, 6.45) is 3.91. The number of likely N-dealkylation sites (tertiary alicyclic amines) is 1. The van der Waals surface area contributed by atoms with Gasteiger partial charge < -0.3 is 29.9 Å². The van der Waals surface area contributed by atoms with Crippen LogP contribution in [0.5, 0.6) is 28.7 Å². The number of nitrogens with zero attached hydrogens (tertiary/aromatic N) is 1. The third kappa shape index (κ3) is 7.62. The van der Waals surface area contributed by atoms with Crippen molar-refractivity contribution in [2.24, 2.45) is 0 Å². The van der Waals surface area contributed by atoms with E-state index in [0.717, 1.165) is 38.6 Å². The number of rotatable bonds is 7. The average Bonchev–Trinajstić information content (AvgIpc) is 3.28. The van der Waals surface area contributed by atoms with Gasteiger partial charge in [0, 0.05) is 16.6 Å². The number of phenols is 2. The highest BCUT2D eigenvalue weighted by atomic mass is 32.1. The normalized spacial score (nSPS) is 13.3. The van der Waals surface area contributed by atoms with Crippen molar-refractivity contribution in [3.05, 3.63) is 66.7 Å². The molecule has 1 fully saturated rings. The molecule has 0 amide bonds. The van der Waals surface area contributed by atoms with Crippen LogP contribution in [0.4, 0.5) is 0 Å². The maximum atomic E-state index is 9.93. The van der Waals surface area contributed by atoms with Gasteiger partial charge in [0.05, 0.1) is 4.88 Å². The number of carboxylic acids is 2. The van der Waals surface area contributed by atoms with Crippen LogP contribution in [0.2, 0.25) is 0 Å². The van der Waals surface area contributed by atoms with Gasteiger partial charge in [-0.3, -0.25) is 4.90 Å². The van der Waals surface area contributed by atoms with Crippen molar-refractivity contribution in [3.8, 4) is 39.2 Å². The van der Waals surface area contributed by atoms with Crippen molar-refractivity contribution >= 4 is 33.4 Å². The highest BCUT2D eigenvalue weighted by Crippen LogP contribution is 2.47. The van der Waals surface area contributed by atoms with Crippen LogP contribution in [0.25, 0.3) is 20.5 Å². The van der Waals surface area contributed by atoms with Gasteiger partial charge in [-0.05, 0) is 98.2 Å². The molecular formula is C29H29NO8S. The first kappa shape index (κ1) is 27.7. The van der Waals surface area contributed by atoms with Gasteiger partial charge in [0.25, 0.3) is 0 Å². The molecule has 9 nitrogen and oxygen atoms in total. The number of phenolic OH excluding ortho intramolecular Hbond substituents is 2. The summed E-state index contributed by atoms with van der Waals surface area (Å²) in [6, 6.07) is 20.1. The Morgan fingerprint density at radius 1 is 0.795 bits per heavy atom. The minimum atomic E-state index is -1.82. The molecular weight excluding hydrogens is 522 g/mol. The monoisotopic (exact) mass is 551 g/mol. The number of benzene rings is 3. The molecule has 1 saturated heterocycles. The van der Waals surface area contributed by atoms with Gasteiger partial charge in [-0.15, -0.1) is 11.3 Å². The smallest absolute Gasteiger partial charge is 0.414 e. The van der Waals surface area contributed by atoms with Crippen LogP contribution in [0.1, 0.15) is 19.3 Å². The van der Waals surface area contributed by atoms with Crippen molar-refractivity contribution in [2.45, 2.75) is 19.3 Å². The van der Waals surface area contributed by atoms with Gasteiger partial charge in [0.2, 0.25) is 0 Å². The molecule has 204 valence electrons. The fourth-order valence-corrected chi connectivity index (χ4v) is 5.33. The molecule has 10 heteroatoms. The lowest BCUT2D eigenvalue weighted by molar-refractivity contribution is -0.159. The number of hydrogen-bond acceptors (Lipinski definition) is 8. The van der Waals surface area contributed by atoms with Crippen LogP contribution in [0.3, 0.4) is 0 Å². The van der Waals surface area contributed by atoms with E-state index >= 15 is 0 Å². The second-order valence-corrected chi connectivity index (χ2v) is 9.97. The molecule has 0 radical (unpaired) electrons. The molecule has 0 unspecified atom stereocenters. The average molecular weight is 552 g/mol. The summed E-state index contributed by atoms with van der Waals surface area (Å²) in [6.45, 7) is 3.99. The lowest BCUT2D eigenvalue weighted by atomic mass is 10.1. The summed E-state index contributed by atoms with van der Waals surface area (Å²) in [5, 5.41) is 35.3. The molecule has 4 N–H and O–H groups in total. The number of ether oxygens (including phenoxy) is 2. The van der Waals surface area contributed by atoms with Crippen LogP contribution < -0.4 is 9.47 Å². The van der Waals surface area contributed by atoms with E-state index in [1.807, 2.05) is 42.5 Å². The van der Waals surface area contributed by atoms with E-state index in [-0.39, 0.29) is 11.5 Å². The van der Waals surface area contributed by atoms with E-state index in [2.05, 4.69) is 4.90 Å². The van der Waals surface area contributed by atoms with Crippen LogP contribution in [0, 0.1) is 0 Å². The van der Waals surface area contributed by atoms with Gasteiger partial charge in [0.15, 0.2) is 5.75 Å². The Morgan fingerprint density at radius 3 is 2.05 bits per heavy atom. The first-order chi connectivity index (χ1) is 18.8. The minimum Gasteiger partial charge on any atom is -0.508 e. The summed E-state index contributed by atoms with van der Waals surface area (Å²) in [5.74, 6) is -0.927. The fourth-order valence-electron chi connectivity index (χ4n) is 4.16. The molecule has 5 rings (SSSR count). The first-order valence-electron chi connectivity index (χ1n) is 12.4. The van der Waals surface area contributed by atoms with E-state index in [9.17, 15) is 10.2 Å². The molecule has 1 aliphatic rings. The predicted octanol–water partition coefficient (Wildman–Crippen LogP) is 5.79. The summed E-state index contributed by atoms with van der Waals surface area (Å²) < 4.78 is 13.2. The molecule has 0 atom stereocenters. The highest BCUT2D eigenvalue weighted by Gasteiger charge is 2.17. The van der Waals surface area contributed by atoms with E-state index in [1.165, 1.54) is 32.4 Å². The topological polar surface area (TPSA) is 137 Å². The number of fused-ring (bicyclic) bond motifs is 1. The molecule has 3 aromatic carbocycles. The van der Waals surface area contributed by atoms with Gasteiger partial charge in [0.1, 0.15) is 29.6 Å². The number of aliphatic carboxylic acids is 2. The second kappa shape index (κ2) is 13.0. The molecule has 0 bridgehead atoms. The molecule has 4 aromatic rings. The second-order valence-electron chi connectivity index (χ2n) is 8.92. The zero-order valence-corrected chi connectivity index (χ0v) is 21.9. The molecule has 1 aromatic heterocycles. The number of carboxylic acid groups (broad SMARTS) is 2. The van der Waals surface area contributed by atoms with Gasteiger partial charge in [-0.25, -0.2) is 9.59 Å². The number of thiophene rings is 1. The number of carbonyl (C=O) groups is 2. The molecule has 0 aliphatic carbocycles. The van der Waals surface area contributed by atoms with Crippen molar-refractivity contribution in [2.75, 3.05) is 26.2 Å². The van der Waals surface area contributed by atoms with Crippen molar-refractivity contribution in [1.82, 2.24) is 4.90 Å². The van der Waals surface area contributed by atoms with Gasteiger partial charge >= 0.3 is 11.9 Å². The van der Waals surface area contributed by atoms with E-state index in [4.69, 9.17) is 29.3 Å². The minimum absolute atomic E-state index is 0.218. The van der Waals surface area contributed by atoms with E-state index < -0.39 is 11.9 Å². The first-order valence-corrected chi connectivity index (χ1v) is 13.3. The summed E-state index contributed by atoms with van der Waals surface area (Å²) in [5.41, 5.74) is 0.946. The maximum absolute atomic E-state index is 9.93. The Kier molecular flexibility index (Phi) is 9.24. The largest absolute Gasteiger partial charge is 0.508 e. The summed E-state index contributed by atoms with van der Waals surface area (Å²) in [4.78, 5) is 21.6. The standard InChI is InChI=1S/C27H27NO4S.C2H2O4/c29-20-6-4-19(5-7-20)27-26(24-13-8-21(30)18-25(24)33-27)32-23-11-9-22(10-12-23)31-17-16-28-14-2-1-3-15-28;3-1(4)2(5)6/h4-13,18,29-30H,1-3,14-17H2;(H,3,4)(H,5,6). The molecule has 0 saturated carbocycles. The van der Waals surface area contributed by atoms with Crippen LogP contribution in [-0.4, -0.2) is 63.5 Å². The zero-order valence-electron chi connectivity index (χ0n) is 21.1. The van der Waals surface area contributed by atoms with Crippen LogP contribution >= 0.6 is 11.3 Å². The van der Waals surface area contributed by atoms with E-state index in [1.54, 1.807) is 35.6 Å². The number of piperidine rings is 1. The summed E-state index contributed by atoms with van der Waals surface area (Å²) >= 11 is 1.55. The van der Waals surface area contributed by atoms with E-state index in [0.29, 0.717) is 12.4 Å². The zero-order chi connectivity index (χ0) is 27.8. The molecule has 0 spiro atoms. The fraction of sp³-hybridized carbons (Fsp3) is 0.241. The van der Waals surface area contributed by atoms with Gasteiger partial charge in [-0.2, -0.15) is 0 Å². The molecule has 39 heavy (non-hydrogen) atoms. The Bertz CT molecular complexity index is 1400. The number of hydrogen-bond donors (Lipinski definition) is 4. The van der Waals surface area contributed by atoms with Crippen molar-refractivity contribution < 1.29 is 39.5 Å². The van der Waals surface area contributed by atoms with Gasteiger partial charge in [-0.1, -0.05) is 6.42 Å². The summed E-state index contributed by atoms with van der Waals surface area (Å²) in [7, 11) is 0. The third-order valence-corrected chi connectivity index (χ3v) is 7.29. The Balaban J connectivity index is 0.000000531. The Morgan fingerprint density at radius 2 is 1.41 bits per heavy atom. The SMILES string of the molecule is O=C(O)C(=O)O.Oc1ccc(-c2sc3cc(O)ccc3c2Oc2ccc(OCCN3CCCCC3)cc2)cc1. The predicted molar refractivity (Wildman–Crippen MR) is 148 cm³/mol. The molecule has 1 aliphatic heterocycles. The van der Waals surface area contributed by atoms with Crippen LogP contribution in [-0.2, 0) is 9.59 Å². The quantitative estimate of drug-likeness (QED) is 0.210. The maximum Gasteiger partial charge on any atom is 0.414 e. The molecule has 2 heterocycles. The highest BCUT2D eigenvalue weighted by molar-refractivity contribution is 7.22. The van der Waals surface area contributed by atoms with Crippen LogP contribution in [0.15, 0.2) is 66.7 Å². The van der Waals surface area contributed by atoms with Crippen molar-refractivity contribution in [1.29, 1.82) is 0 Å². The Hall–Kier alpha value is -4.28. The number of aromatic hydroxyl groups is 2. The lowest BCUT2D eigenvalue weighted by Gasteiger charge is -2.26. The Labute approximate surface area is 229 Å².